The summed E-state index contributed by atoms with van der Waals surface area (Å²) in [4.78, 5) is 23.2. The highest BCUT2D eigenvalue weighted by Gasteiger charge is 2.31. The molecule has 4 heteroatoms. The largest absolute Gasteiger partial charge is 0.383 e. The molecule has 2 amide bonds. The number of rotatable bonds is 2. The van der Waals surface area contributed by atoms with Crippen molar-refractivity contribution in [1.29, 1.82) is 0 Å². The molecule has 1 aliphatic rings. The Labute approximate surface area is 70.5 Å². The maximum atomic E-state index is 11.1. The molecule has 1 unspecified atom stereocenters. The second-order valence-electron chi connectivity index (χ2n) is 2.69. The third kappa shape index (κ3) is 1.53. The van der Waals surface area contributed by atoms with Gasteiger partial charge in [0, 0.05) is 13.0 Å². The Morgan fingerprint density at radius 1 is 1.67 bits per heavy atom. The maximum absolute atomic E-state index is 11.1. The van der Waals surface area contributed by atoms with E-state index in [1.165, 1.54) is 6.08 Å². The summed E-state index contributed by atoms with van der Waals surface area (Å²) in [5, 5.41) is 9.11. The van der Waals surface area contributed by atoms with Gasteiger partial charge in [0.2, 0.25) is 5.91 Å². The van der Waals surface area contributed by atoms with E-state index < -0.39 is 12.0 Å². The Kier molecular flexibility index (Phi) is 2.60. The molecule has 1 fully saturated rings. The Balaban J connectivity index is 2.71. The highest BCUT2D eigenvalue weighted by atomic mass is 16.3. The van der Waals surface area contributed by atoms with E-state index in [2.05, 4.69) is 6.58 Å². The minimum absolute atomic E-state index is 0.189. The van der Waals surface area contributed by atoms with Gasteiger partial charge in [0.15, 0.2) is 0 Å². The molecule has 0 aromatic rings. The molecule has 0 aromatic carbocycles. The SMILES string of the molecule is C=CCN1C(=O)CCC(O)C1=O. The Bertz CT molecular complexity index is 224. The van der Waals surface area contributed by atoms with Gasteiger partial charge in [-0.3, -0.25) is 14.5 Å². The number of piperidine rings is 1. The highest BCUT2D eigenvalue weighted by Crippen LogP contribution is 2.12. The van der Waals surface area contributed by atoms with Crippen LogP contribution in [0.15, 0.2) is 12.7 Å². The van der Waals surface area contributed by atoms with Crippen LogP contribution in [0.3, 0.4) is 0 Å². The van der Waals surface area contributed by atoms with Gasteiger partial charge in [-0.1, -0.05) is 6.08 Å². The Morgan fingerprint density at radius 2 is 2.33 bits per heavy atom. The first-order valence-electron chi connectivity index (χ1n) is 3.80. The van der Waals surface area contributed by atoms with Crippen LogP contribution in [-0.4, -0.2) is 34.5 Å². The van der Waals surface area contributed by atoms with Gasteiger partial charge in [-0.15, -0.1) is 6.58 Å². The van der Waals surface area contributed by atoms with Gasteiger partial charge < -0.3 is 5.11 Å². The van der Waals surface area contributed by atoms with Crippen molar-refractivity contribution < 1.29 is 14.7 Å². The first-order valence-corrected chi connectivity index (χ1v) is 3.80. The fourth-order valence-electron chi connectivity index (χ4n) is 1.14. The lowest BCUT2D eigenvalue weighted by molar-refractivity contribution is -0.154. The molecule has 0 bridgehead atoms. The van der Waals surface area contributed by atoms with E-state index in [0.717, 1.165) is 4.90 Å². The van der Waals surface area contributed by atoms with Crippen molar-refractivity contribution in [3.8, 4) is 0 Å². The predicted octanol–water partition coefficient (Wildman–Crippen LogP) is -0.318. The number of imide groups is 1. The van der Waals surface area contributed by atoms with Crippen molar-refractivity contribution in [1.82, 2.24) is 4.90 Å². The van der Waals surface area contributed by atoms with Crippen LogP contribution in [-0.2, 0) is 9.59 Å². The van der Waals surface area contributed by atoms with Crippen LogP contribution in [0.5, 0.6) is 0 Å². The van der Waals surface area contributed by atoms with Crippen molar-refractivity contribution >= 4 is 11.8 Å². The van der Waals surface area contributed by atoms with Gasteiger partial charge in [-0.05, 0) is 6.42 Å². The minimum Gasteiger partial charge on any atom is -0.383 e. The van der Waals surface area contributed by atoms with E-state index in [4.69, 9.17) is 5.11 Å². The summed E-state index contributed by atoms with van der Waals surface area (Å²) in [7, 11) is 0. The molecular weight excluding hydrogens is 158 g/mol. The summed E-state index contributed by atoms with van der Waals surface area (Å²) < 4.78 is 0. The standard InChI is InChI=1S/C8H11NO3/c1-2-5-9-7(11)4-3-6(10)8(9)12/h2,6,10H,1,3-5H2. The molecule has 1 heterocycles. The van der Waals surface area contributed by atoms with Gasteiger partial charge in [-0.25, -0.2) is 0 Å². The number of carbonyl (C=O) groups excluding carboxylic acids is 2. The molecule has 1 atom stereocenters. The first-order chi connectivity index (χ1) is 5.66. The van der Waals surface area contributed by atoms with Gasteiger partial charge in [-0.2, -0.15) is 0 Å². The van der Waals surface area contributed by atoms with Crippen LogP contribution < -0.4 is 0 Å². The van der Waals surface area contributed by atoms with Gasteiger partial charge in [0.05, 0.1) is 0 Å². The molecule has 0 aromatic heterocycles. The lowest BCUT2D eigenvalue weighted by atomic mass is 10.1. The van der Waals surface area contributed by atoms with Crippen LogP contribution in [0.25, 0.3) is 0 Å². The fourth-order valence-corrected chi connectivity index (χ4v) is 1.14. The molecule has 12 heavy (non-hydrogen) atoms. The Morgan fingerprint density at radius 3 is 2.92 bits per heavy atom. The van der Waals surface area contributed by atoms with Crippen molar-refractivity contribution in [3.05, 3.63) is 12.7 Å². The minimum atomic E-state index is -1.01. The molecule has 0 aliphatic carbocycles. The average molecular weight is 169 g/mol. The maximum Gasteiger partial charge on any atom is 0.258 e. The third-order valence-corrected chi connectivity index (χ3v) is 1.80. The molecule has 4 nitrogen and oxygen atoms in total. The summed E-state index contributed by atoms with van der Waals surface area (Å²) >= 11 is 0. The van der Waals surface area contributed by atoms with Crippen LogP contribution in [0, 0.1) is 0 Å². The van der Waals surface area contributed by atoms with Crippen molar-refractivity contribution in [3.63, 3.8) is 0 Å². The normalized spacial score (nSPS) is 24.4. The lowest BCUT2D eigenvalue weighted by Gasteiger charge is -2.26. The number of aliphatic hydroxyl groups excluding tert-OH is 1. The zero-order chi connectivity index (χ0) is 9.14. The summed E-state index contributed by atoms with van der Waals surface area (Å²) in [5.74, 6) is -0.739. The molecule has 1 rings (SSSR count). The van der Waals surface area contributed by atoms with Crippen molar-refractivity contribution in [2.75, 3.05) is 6.54 Å². The van der Waals surface area contributed by atoms with E-state index in [1.807, 2.05) is 0 Å². The summed E-state index contributed by atoms with van der Waals surface area (Å²) in [6.07, 6.45) is 0.933. The second-order valence-corrected chi connectivity index (χ2v) is 2.69. The Hall–Kier alpha value is -1.16. The summed E-state index contributed by atoms with van der Waals surface area (Å²) in [6.45, 7) is 3.61. The zero-order valence-electron chi connectivity index (χ0n) is 6.69. The van der Waals surface area contributed by atoms with E-state index in [1.54, 1.807) is 0 Å². The van der Waals surface area contributed by atoms with Crippen LogP contribution >= 0.6 is 0 Å². The van der Waals surface area contributed by atoms with Crippen molar-refractivity contribution in [2.45, 2.75) is 18.9 Å². The molecule has 0 radical (unpaired) electrons. The first kappa shape index (κ1) is 8.93. The quantitative estimate of drug-likeness (QED) is 0.455. The molecular formula is C8H11NO3. The monoisotopic (exact) mass is 169 g/mol. The number of amides is 2. The van der Waals surface area contributed by atoms with Crippen LogP contribution in [0.2, 0.25) is 0 Å². The molecule has 1 saturated heterocycles. The number of likely N-dealkylation sites (tertiary alicyclic amines) is 1. The van der Waals surface area contributed by atoms with Gasteiger partial charge >= 0.3 is 0 Å². The van der Waals surface area contributed by atoms with Crippen LogP contribution in [0.4, 0.5) is 0 Å². The summed E-state index contributed by atoms with van der Waals surface area (Å²) in [6, 6.07) is 0. The lowest BCUT2D eigenvalue weighted by Crippen LogP contribution is -2.47. The number of nitrogens with zero attached hydrogens (tertiary/aromatic N) is 1. The van der Waals surface area contributed by atoms with E-state index in [-0.39, 0.29) is 25.3 Å². The topological polar surface area (TPSA) is 57.6 Å². The number of aliphatic hydroxyl groups is 1. The molecule has 0 saturated carbocycles. The van der Waals surface area contributed by atoms with E-state index in [0.29, 0.717) is 0 Å². The second kappa shape index (κ2) is 3.49. The highest BCUT2D eigenvalue weighted by molar-refractivity contribution is 5.99. The predicted molar refractivity (Wildman–Crippen MR) is 42.2 cm³/mol. The number of hydrogen-bond acceptors (Lipinski definition) is 3. The van der Waals surface area contributed by atoms with Crippen LogP contribution in [0.1, 0.15) is 12.8 Å². The van der Waals surface area contributed by atoms with Gasteiger partial charge in [0.1, 0.15) is 6.10 Å². The number of hydrogen-bond donors (Lipinski definition) is 1. The van der Waals surface area contributed by atoms with Gasteiger partial charge in [0.25, 0.3) is 5.91 Å². The summed E-state index contributed by atoms with van der Waals surface area (Å²) in [5.41, 5.74) is 0. The molecule has 66 valence electrons. The van der Waals surface area contributed by atoms with E-state index in [9.17, 15) is 9.59 Å². The zero-order valence-corrected chi connectivity index (χ0v) is 6.69. The smallest absolute Gasteiger partial charge is 0.258 e. The molecule has 0 spiro atoms. The van der Waals surface area contributed by atoms with E-state index >= 15 is 0 Å². The molecule has 1 N–H and O–H groups in total. The van der Waals surface area contributed by atoms with Crippen molar-refractivity contribution in [2.24, 2.45) is 0 Å². The fraction of sp³-hybridized carbons (Fsp3) is 0.500. The third-order valence-electron chi connectivity index (χ3n) is 1.80. The number of carbonyl (C=O) groups is 2. The average Bonchev–Trinajstić information content (AvgIpc) is 2.06. The molecule has 1 aliphatic heterocycles.